The molecule has 1 aromatic carbocycles. The molecule has 0 amide bonds. The van der Waals surface area contributed by atoms with Crippen molar-refractivity contribution in [2.24, 2.45) is 0 Å². The number of hydrogen-bond acceptors (Lipinski definition) is 4. The van der Waals surface area contributed by atoms with Crippen LogP contribution in [0.1, 0.15) is 19.1 Å². The lowest BCUT2D eigenvalue weighted by molar-refractivity contribution is 0.0106. The number of rotatable bonds is 8. The fourth-order valence-corrected chi connectivity index (χ4v) is 3.67. The number of halogens is 3. The van der Waals surface area contributed by atoms with E-state index in [4.69, 9.17) is 4.74 Å². The van der Waals surface area contributed by atoms with Crippen molar-refractivity contribution in [1.29, 1.82) is 0 Å². The third-order valence-electron chi connectivity index (χ3n) is 5.01. The van der Waals surface area contributed by atoms with Crippen LogP contribution in [-0.2, 0) is 4.74 Å². The predicted octanol–water partition coefficient (Wildman–Crippen LogP) is 3.26. The van der Waals surface area contributed by atoms with E-state index in [0.717, 1.165) is 41.6 Å². The molecule has 1 aliphatic rings. The number of aromatic nitrogens is 1. The van der Waals surface area contributed by atoms with E-state index in [2.05, 4.69) is 10.2 Å². The van der Waals surface area contributed by atoms with Crippen molar-refractivity contribution in [3.63, 3.8) is 0 Å². The molecule has 8 heteroatoms. The van der Waals surface area contributed by atoms with Crippen molar-refractivity contribution >= 4 is 16.6 Å². The van der Waals surface area contributed by atoms with Gasteiger partial charge in [-0.25, -0.2) is 13.2 Å². The van der Waals surface area contributed by atoms with Crippen molar-refractivity contribution in [3.8, 4) is 0 Å². The van der Waals surface area contributed by atoms with Gasteiger partial charge in [0.1, 0.15) is 0 Å². The van der Waals surface area contributed by atoms with Gasteiger partial charge in [0.05, 0.1) is 18.2 Å². The molecule has 2 N–H and O–H groups in total. The summed E-state index contributed by atoms with van der Waals surface area (Å²) in [6, 6.07) is 7.19. The van der Waals surface area contributed by atoms with Gasteiger partial charge >= 0.3 is 0 Å². The topological polar surface area (TPSA) is 49.7 Å². The number of anilines is 1. The van der Waals surface area contributed by atoms with E-state index in [0.29, 0.717) is 18.7 Å². The first-order valence-corrected chi connectivity index (χ1v) is 9.17. The molecule has 2 unspecified atom stereocenters. The Hall–Kier alpha value is -1.77. The quantitative estimate of drug-likeness (QED) is 0.732. The summed E-state index contributed by atoms with van der Waals surface area (Å²) in [5.74, 6) is 0. The van der Waals surface area contributed by atoms with Gasteiger partial charge in [-0.3, -0.25) is 0 Å². The van der Waals surface area contributed by atoms with Crippen LogP contribution in [0.3, 0.4) is 0 Å². The monoisotopic (exact) mass is 385 g/mol. The van der Waals surface area contributed by atoms with Crippen molar-refractivity contribution in [1.82, 2.24) is 9.47 Å². The molecule has 2 heterocycles. The van der Waals surface area contributed by atoms with E-state index in [1.165, 1.54) is 6.20 Å². The minimum absolute atomic E-state index is 0.242. The summed E-state index contributed by atoms with van der Waals surface area (Å²) < 4.78 is 45.2. The highest BCUT2D eigenvalue weighted by Crippen LogP contribution is 2.30. The van der Waals surface area contributed by atoms with Crippen molar-refractivity contribution in [3.05, 3.63) is 30.5 Å². The Morgan fingerprint density at radius 2 is 1.96 bits per heavy atom. The Balaban J connectivity index is 1.63. The Kier molecular flexibility index (Phi) is 6.62. The van der Waals surface area contributed by atoms with E-state index < -0.39 is 18.8 Å². The molecule has 1 aromatic heterocycles. The van der Waals surface area contributed by atoms with Gasteiger partial charge in [-0.2, -0.15) is 0 Å². The van der Waals surface area contributed by atoms with Crippen LogP contribution >= 0.6 is 0 Å². The van der Waals surface area contributed by atoms with Gasteiger partial charge in [-0.1, -0.05) is 6.07 Å². The minimum Gasteiger partial charge on any atom is -0.389 e. The van der Waals surface area contributed by atoms with Gasteiger partial charge in [0.2, 0.25) is 6.30 Å². The average Bonchev–Trinajstić information content (AvgIpc) is 3.08. The van der Waals surface area contributed by atoms with Gasteiger partial charge in [-0.05, 0) is 31.0 Å². The molecule has 0 radical (unpaired) electrons. The smallest absolute Gasteiger partial charge is 0.288 e. The predicted molar refractivity (Wildman–Crippen MR) is 99.1 cm³/mol. The number of nitrogens with one attached hydrogen (secondary N) is 1. The molecule has 2 atom stereocenters. The molecule has 3 rings (SSSR count). The highest BCUT2D eigenvalue weighted by atomic mass is 19.3. The van der Waals surface area contributed by atoms with Gasteiger partial charge in [0, 0.05) is 50.1 Å². The van der Waals surface area contributed by atoms with Crippen LogP contribution < -0.4 is 5.32 Å². The number of hydrogen-bond donors (Lipinski definition) is 2. The number of aliphatic hydroxyl groups excluding tert-OH is 1. The highest BCUT2D eigenvalue weighted by molar-refractivity contribution is 5.92. The van der Waals surface area contributed by atoms with E-state index in [-0.39, 0.29) is 6.04 Å². The van der Waals surface area contributed by atoms with Crippen molar-refractivity contribution in [2.45, 2.75) is 37.7 Å². The number of fused-ring (bicyclic) bond motifs is 1. The summed E-state index contributed by atoms with van der Waals surface area (Å²) in [6.45, 7) is 2.62. The summed E-state index contributed by atoms with van der Waals surface area (Å²) in [5.41, 5.74) is 1.28. The molecular weight excluding hydrogens is 359 g/mol. The zero-order valence-electron chi connectivity index (χ0n) is 15.3. The fourth-order valence-electron chi connectivity index (χ4n) is 3.67. The zero-order valence-corrected chi connectivity index (χ0v) is 15.3. The molecule has 1 fully saturated rings. The number of likely N-dealkylation sites (tertiary alicyclic amines) is 1. The van der Waals surface area contributed by atoms with E-state index in [1.807, 2.05) is 6.07 Å². The number of aliphatic hydroxyl groups is 1. The number of methoxy groups -OCH3 is 1. The number of nitrogens with zero attached hydrogens (tertiary/aromatic N) is 2. The number of piperidine rings is 1. The van der Waals surface area contributed by atoms with Crippen LogP contribution in [0.4, 0.5) is 18.9 Å². The molecule has 27 heavy (non-hydrogen) atoms. The SMILES string of the molecule is COCC(O)CN1CCC(Nc2cccc3c2ccn3C(F)C(F)F)CC1. The maximum absolute atomic E-state index is 13.8. The van der Waals surface area contributed by atoms with E-state index >= 15 is 0 Å². The van der Waals surface area contributed by atoms with Crippen molar-refractivity contribution < 1.29 is 23.0 Å². The second-order valence-electron chi connectivity index (χ2n) is 7.00. The van der Waals surface area contributed by atoms with Gasteiger partial charge in [0.15, 0.2) is 0 Å². The zero-order chi connectivity index (χ0) is 19.4. The molecule has 0 bridgehead atoms. The second-order valence-corrected chi connectivity index (χ2v) is 7.00. The lowest BCUT2D eigenvalue weighted by atomic mass is 10.0. The molecule has 0 spiro atoms. The van der Waals surface area contributed by atoms with Crippen LogP contribution in [0.15, 0.2) is 30.5 Å². The van der Waals surface area contributed by atoms with E-state index in [9.17, 15) is 18.3 Å². The van der Waals surface area contributed by atoms with Crippen LogP contribution in [0.5, 0.6) is 0 Å². The average molecular weight is 385 g/mol. The van der Waals surface area contributed by atoms with Crippen LogP contribution in [0, 0.1) is 0 Å². The first kappa shape index (κ1) is 20.0. The van der Waals surface area contributed by atoms with E-state index in [1.54, 1.807) is 25.3 Å². The maximum atomic E-state index is 13.8. The lowest BCUT2D eigenvalue weighted by Crippen LogP contribution is -2.43. The molecule has 5 nitrogen and oxygen atoms in total. The molecule has 150 valence electrons. The number of benzene rings is 1. The summed E-state index contributed by atoms with van der Waals surface area (Å²) in [5, 5.41) is 14.0. The van der Waals surface area contributed by atoms with Crippen LogP contribution in [0.2, 0.25) is 0 Å². The Bertz CT molecular complexity index is 732. The first-order chi connectivity index (χ1) is 13.0. The maximum Gasteiger partial charge on any atom is 0.288 e. The molecule has 2 aromatic rings. The summed E-state index contributed by atoms with van der Waals surface area (Å²) in [6.07, 6.45) is -2.72. The Morgan fingerprint density at radius 1 is 1.22 bits per heavy atom. The molecule has 1 saturated heterocycles. The normalized spacial score (nSPS) is 18.9. The fraction of sp³-hybridized carbons (Fsp3) is 0.579. The van der Waals surface area contributed by atoms with Gasteiger partial charge < -0.3 is 24.6 Å². The van der Waals surface area contributed by atoms with Crippen LogP contribution in [0.25, 0.3) is 10.9 Å². The first-order valence-electron chi connectivity index (χ1n) is 9.17. The molecule has 1 aliphatic heterocycles. The Morgan fingerprint density at radius 3 is 2.63 bits per heavy atom. The standard InChI is InChI=1S/C19H26F3N3O2/c1-27-12-14(26)11-24-8-5-13(6-9-24)23-16-3-2-4-17-15(16)7-10-25(17)19(22)18(20)21/h2-4,7,10,13-14,18-19,23,26H,5-6,8-9,11-12H2,1H3. The molecule has 0 aliphatic carbocycles. The summed E-state index contributed by atoms with van der Waals surface area (Å²) in [4.78, 5) is 2.20. The largest absolute Gasteiger partial charge is 0.389 e. The second kappa shape index (κ2) is 8.95. The van der Waals surface area contributed by atoms with Crippen molar-refractivity contribution in [2.75, 3.05) is 38.7 Å². The van der Waals surface area contributed by atoms with Crippen LogP contribution in [-0.4, -0.2) is 66.5 Å². The number of ether oxygens (including phenoxy) is 1. The number of β-amino-alcohol motifs (C(OH)–C–C–N with tert-alkyl or cyclic N) is 1. The molecular formula is C19H26F3N3O2. The summed E-state index contributed by atoms with van der Waals surface area (Å²) >= 11 is 0. The van der Waals surface area contributed by atoms with Gasteiger partial charge in [-0.15, -0.1) is 0 Å². The molecule has 0 saturated carbocycles. The third-order valence-corrected chi connectivity index (χ3v) is 5.01. The van der Waals surface area contributed by atoms with Gasteiger partial charge in [0.25, 0.3) is 6.43 Å². The lowest BCUT2D eigenvalue weighted by Gasteiger charge is -2.34. The Labute approximate surface area is 156 Å². The summed E-state index contributed by atoms with van der Waals surface area (Å²) in [7, 11) is 1.57. The number of alkyl halides is 3. The third kappa shape index (κ3) is 4.75. The minimum atomic E-state index is -3.06. The highest BCUT2D eigenvalue weighted by Gasteiger charge is 2.24.